The van der Waals surface area contributed by atoms with E-state index in [1.807, 2.05) is 0 Å². The zero-order valence-corrected chi connectivity index (χ0v) is 16.2. The molecule has 0 radical (unpaired) electrons. The highest BCUT2D eigenvalue weighted by Crippen LogP contribution is 2.40. The molecule has 0 unspecified atom stereocenters. The van der Waals surface area contributed by atoms with Crippen molar-refractivity contribution in [2.45, 2.75) is 18.4 Å². The van der Waals surface area contributed by atoms with Crippen LogP contribution in [-0.2, 0) is 21.8 Å². The fourth-order valence-corrected chi connectivity index (χ4v) is 3.57. The Bertz CT molecular complexity index is 937. The zero-order valence-electron chi connectivity index (χ0n) is 14.7. The smallest absolute Gasteiger partial charge is 0.217 e. The van der Waals surface area contributed by atoms with E-state index in [9.17, 15) is 5.11 Å². The lowest BCUT2D eigenvalue weighted by molar-refractivity contribution is -0.190. The molecule has 3 aromatic rings. The Labute approximate surface area is 171 Å². The van der Waals surface area contributed by atoms with Crippen LogP contribution < -0.4 is 4.74 Å². The van der Waals surface area contributed by atoms with Gasteiger partial charge in [-0.15, -0.1) is 5.10 Å². The predicted molar refractivity (Wildman–Crippen MR) is 103 cm³/mol. The van der Waals surface area contributed by atoms with Crippen molar-refractivity contribution in [3.05, 3.63) is 70.5 Å². The molecule has 0 spiro atoms. The largest absolute Gasteiger partial charge is 0.508 e. The van der Waals surface area contributed by atoms with Crippen molar-refractivity contribution in [2.75, 3.05) is 13.2 Å². The van der Waals surface area contributed by atoms with E-state index in [-0.39, 0.29) is 25.0 Å². The lowest BCUT2D eigenvalue weighted by Crippen LogP contribution is -2.35. The standard InChI is InChI=1S/C19H17Cl2N3O4/c20-13-1-6-17(18(21)9-13)19(12-24-8-7-22-23-24)27-11-16(28-19)10-26-15-4-2-14(25)3-5-15/h1-9,16,25H,10-12H2/t16-,19-/m1/s1. The Hall–Kier alpha value is -2.32. The SMILES string of the molecule is Oc1ccc(OC[C@@H]2CO[C@@](Cn3ccnn3)(c3ccc(Cl)cc3Cl)O2)cc1. The van der Waals surface area contributed by atoms with Crippen molar-refractivity contribution < 1.29 is 19.3 Å². The Morgan fingerprint density at radius 3 is 2.75 bits per heavy atom. The summed E-state index contributed by atoms with van der Waals surface area (Å²) in [4.78, 5) is 0. The Morgan fingerprint density at radius 1 is 1.21 bits per heavy atom. The van der Waals surface area contributed by atoms with E-state index in [0.717, 1.165) is 0 Å². The van der Waals surface area contributed by atoms with Gasteiger partial charge in [-0.2, -0.15) is 0 Å². The first kappa shape index (κ1) is 19.0. The predicted octanol–water partition coefficient (Wildman–Crippen LogP) is 3.64. The number of benzene rings is 2. The summed E-state index contributed by atoms with van der Waals surface area (Å²) in [6.45, 7) is 0.852. The minimum Gasteiger partial charge on any atom is -0.508 e. The molecule has 28 heavy (non-hydrogen) atoms. The van der Waals surface area contributed by atoms with Crippen molar-refractivity contribution in [1.29, 1.82) is 0 Å². The molecule has 1 fully saturated rings. The number of hydrogen-bond acceptors (Lipinski definition) is 6. The Balaban J connectivity index is 1.54. The van der Waals surface area contributed by atoms with E-state index in [1.165, 1.54) is 0 Å². The number of phenols is 1. The third-order valence-electron chi connectivity index (χ3n) is 4.32. The summed E-state index contributed by atoms with van der Waals surface area (Å²) in [5.41, 5.74) is 0.654. The molecule has 2 aromatic carbocycles. The molecular formula is C19H17Cl2N3O4. The lowest BCUT2D eigenvalue weighted by atomic mass is 10.1. The third-order valence-corrected chi connectivity index (χ3v) is 4.86. The van der Waals surface area contributed by atoms with E-state index in [0.29, 0.717) is 28.0 Å². The second-order valence-electron chi connectivity index (χ2n) is 6.33. The fraction of sp³-hybridized carbons (Fsp3) is 0.263. The number of ether oxygens (including phenoxy) is 3. The van der Waals surface area contributed by atoms with Gasteiger partial charge in [-0.1, -0.05) is 34.5 Å². The normalized spacial score (nSPS) is 21.7. The van der Waals surface area contributed by atoms with Gasteiger partial charge in [-0.25, -0.2) is 4.68 Å². The highest BCUT2D eigenvalue weighted by molar-refractivity contribution is 6.35. The quantitative estimate of drug-likeness (QED) is 0.654. The molecule has 7 nitrogen and oxygen atoms in total. The monoisotopic (exact) mass is 421 g/mol. The highest BCUT2D eigenvalue weighted by Gasteiger charge is 2.45. The highest BCUT2D eigenvalue weighted by atomic mass is 35.5. The third kappa shape index (κ3) is 4.07. The van der Waals surface area contributed by atoms with Gasteiger partial charge in [0.05, 0.1) is 17.8 Å². The molecule has 0 bridgehead atoms. The lowest BCUT2D eigenvalue weighted by Gasteiger charge is -2.29. The molecule has 0 amide bonds. The number of rotatable bonds is 6. The summed E-state index contributed by atoms with van der Waals surface area (Å²) in [6.07, 6.45) is 2.97. The molecule has 0 saturated carbocycles. The van der Waals surface area contributed by atoms with E-state index in [2.05, 4.69) is 10.3 Å². The van der Waals surface area contributed by atoms with Crippen LogP contribution in [0.5, 0.6) is 11.5 Å². The molecular weight excluding hydrogens is 405 g/mol. The zero-order chi connectivity index (χ0) is 19.6. The topological polar surface area (TPSA) is 78.6 Å². The van der Waals surface area contributed by atoms with Gasteiger partial charge in [-0.05, 0) is 36.4 Å². The molecule has 1 N–H and O–H groups in total. The van der Waals surface area contributed by atoms with Gasteiger partial charge >= 0.3 is 0 Å². The number of phenolic OH excluding ortho intramolecular Hbond substituents is 1. The average molecular weight is 422 g/mol. The molecule has 2 atom stereocenters. The van der Waals surface area contributed by atoms with Gasteiger partial charge in [0.2, 0.25) is 5.79 Å². The number of nitrogens with zero attached hydrogens (tertiary/aromatic N) is 3. The van der Waals surface area contributed by atoms with Gasteiger partial charge in [0.25, 0.3) is 0 Å². The molecule has 1 saturated heterocycles. The summed E-state index contributed by atoms with van der Waals surface area (Å²) < 4.78 is 19.7. The minimum atomic E-state index is -1.14. The van der Waals surface area contributed by atoms with Gasteiger partial charge in [-0.3, -0.25) is 0 Å². The maximum absolute atomic E-state index is 9.36. The number of aromatic nitrogens is 3. The molecule has 2 heterocycles. The van der Waals surface area contributed by atoms with Crippen molar-refractivity contribution in [2.24, 2.45) is 0 Å². The van der Waals surface area contributed by atoms with Crippen LogP contribution in [0.25, 0.3) is 0 Å². The van der Waals surface area contributed by atoms with Gasteiger partial charge < -0.3 is 19.3 Å². The summed E-state index contributed by atoms with van der Waals surface area (Å²) in [5.74, 6) is -0.338. The first-order chi connectivity index (χ1) is 13.5. The van der Waals surface area contributed by atoms with Gasteiger partial charge in [0, 0.05) is 16.8 Å². The summed E-state index contributed by atoms with van der Waals surface area (Å²) >= 11 is 12.5. The van der Waals surface area contributed by atoms with Crippen LogP contribution in [0.15, 0.2) is 54.9 Å². The second-order valence-corrected chi connectivity index (χ2v) is 7.18. The average Bonchev–Trinajstić information content (AvgIpc) is 3.32. The molecule has 4 rings (SSSR count). The first-order valence-corrected chi connectivity index (χ1v) is 9.33. The van der Waals surface area contributed by atoms with Crippen LogP contribution >= 0.6 is 23.2 Å². The van der Waals surface area contributed by atoms with Crippen LogP contribution in [0.2, 0.25) is 10.0 Å². The molecule has 9 heteroatoms. The van der Waals surface area contributed by atoms with Crippen LogP contribution in [0.4, 0.5) is 0 Å². The first-order valence-electron chi connectivity index (χ1n) is 8.57. The number of hydrogen-bond donors (Lipinski definition) is 1. The van der Waals surface area contributed by atoms with Crippen LogP contribution in [0.3, 0.4) is 0 Å². The van der Waals surface area contributed by atoms with E-state index in [4.69, 9.17) is 37.4 Å². The minimum absolute atomic E-state index is 0.178. The summed E-state index contributed by atoms with van der Waals surface area (Å²) in [5, 5.41) is 18.2. The van der Waals surface area contributed by atoms with Crippen molar-refractivity contribution >= 4 is 23.2 Å². The number of halogens is 2. The van der Waals surface area contributed by atoms with E-state index >= 15 is 0 Å². The van der Waals surface area contributed by atoms with E-state index in [1.54, 1.807) is 59.5 Å². The Kier molecular flexibility index (Phi) is 5.41. The van der Waals surface area contributed by atoms with Crippen LogP contribution in [0.1, 0.15) is 5.56 Å². The Morgan fingerprint density at radius 2 is 2.04 bits per heavy atom. The molecule has 146 valence electrons. The molecule has 1 aliphatic rings. The van der Waals surface area contributed by atoms with Gasteiger partial charge in [0.1, 0.15) is 30.8 Å². The molecule has 0 aliphatic carbocycles. The van der Waals surface area contributed by atoms with Crippen LogP contribution in [-0.4, -0.2) is 39.4 Å². The maximum Gasteiger partial charge on any atom is 0.217 e. The van der Waals surface area contributed by atoms with Crippen LogP contribution in [0, 0.1) is 0 Å². The van der Waals surface area contributed by atoms with Crippen molar-refractivity contribution in [3.63, 3.8) is 0 Å². The molecule has 1 aromatic heterocycles. The summed E-state index contributed by atoms with van der Waals surface area (Å²) in [7, 11) is 0. The van der Waals surface area contributed by atoms with Gasteiger partial charge in [0.15, 0.2) is 0 Å². The van der Waals surface area contributed by atoms with Crippen molar-refractivity contribution in [1.82, 2.24) is 15.0 Å². The van der Waals surface area contributed by atoms with Crippen molar-refractivity contribution in [3.8, 4) is 11.5 Å². The van der Waals surface area contributed by atoms with E-state index < -0.39 is 5.79 Å². The number of aromatic hydroxyl groups is 1. The second kappa shape index (κ2) is 7.97. The fourth-order valence-electron chi connectivity index (χ4n) is 3.02. The maximum atomic E-state index is 9.36. The molecule has 1 aliphatic heterocycles. The summed E-state index contributed by atoms with van der Waals surface area (Å²) in [6, 6.07) is 11.7.